The summed E-state index contributed by atoms with van der Waals surface area (Å²) in [5.74, 6) is -0.663. The molecule has 0 unspecified atom stereocenters. The molecule has 0 saturated carbocycles. The quantitative estimate of drug-likeness (QED) is 0.441. The van der Waals surface area contributed by atoms with Crippen LogP contribution < -0.4 is 16.2 Å². The number of hydrogen-bond acceptors (Lipinski definition) is 3. The Morgan fingerprint density at radius 3 is 2.54 bits per heavy atom. The Morgan fingerprint density at radius 1 is 1.00 bits per heavy atom. The molecule has 6 nitrogen and oxygen atoms in total. The number of nitrogens with one attached hydrogen (secondary N) is 3. The van der Waals surface area contributed by atoms with Crippen LogP contribution in [0.1, 0.15) is 10.4 Å². The number of thiocarbonyl (C=S) groups is 1. The fraction of sp³-hybridized carbons (Fsp3) is 0.0556. The predicted octanol–water partition coefficient (Wildman–Crippen LogP) is 2.74. The second kappa shape index (κ2) is 8.11. The van der Waals surface area contributed by atoms with Crippen molar-refractivity contribution in [3.05, 3.63) is 70.8 Å². The van der Waals surface area contributed by atoms with E-state index in [1.54, 1.807) is 18.2 Å². The molecule has 3 rings (SSSR count). The van der Waals surface area contributed by atoms with Crippen LogP contribution >= 0.6 is 28.1 Å². The molecule has 0 aliphatic carbocycles. The number of benzene rings is 2. The lowest BCUT2D eigenvalue weighted by Gasteiger charge is -2.12. The van der Waals surface area contributed by atoms with E-state index in [4.69, 9.17) is 12.2 Å². The third-order valence-corrected chi connectivity index (χ3v) is 4.55. The highest BCUT2D eigenvalue weighted by Gasteiger charge is 2.11. The van der Waals surface area contributed by atoms with Crippen LogP contribution in [0.25, 0.3) is 10.9 Å². The van der Waals surface area contributed by atoms with Gasteiger partial charge in [-0.15, -0.1) is 0 Å². The van der Waals surface area contributed by atoms with Crippen molar-refractivity contribution in [3.8, 4) is 0 Å². The molecule has 0 aliphatic heterocycles. The van der Waals surface area contributed by atoms with Crippen molar-refractivity contribution < 1.29 is 9.59 Å². The predicted molar refractivity (Wildman–Crippen MR) is 107 cm³/mol. The van der Waals surface area contributed by atoms with E-state index in [2.05, 4.69) is 32.1 Å². The molecule has 0 radical (unpaired) electrons. The number of para-hydroxylation sites is 1. The van der Waals surface area contributed by atoms with Crippen LogP contribution in [0.15, 0.2) is 65.3 Å². The molecule has 0 aliphatic rings. The third-order valence-electron chi connectivity index (χ3n) is 3.66. The van der Waals surface area contributed by atoms with Crippen molar-refractivity contribution >= 4 is 56.0 Å². The van der Waals surface area contributed by atoms with Crippen LogP contribution in [0, 0.1) is 0 Å². The maximum absolute atomic E-state index is 12.1. The fourth-order valence-electron chi connectivity index (χ4n) is 2.45. The Balaban J connectivity index is 1.52. The topological polar surface area (TPSA) is 75.2 Å². The number of rotatable bonds is 3. The van der Waals surface area contributed by atoms with E-state index in [1.165, 1.54) is 0 Å². The van der Waals surface area contributed by atoms with Gasteiger partial charge >= 0.3 is 0 Å². The summed E-state index contributed by atoms with van der Waals surface area (Å²) in [6.07, 6.45) is 1.84. The Labute approximate surface area is 163 Å². The molecule has 3 aromatic rings. The average molecular weight is 431 g/mol. The number of nitrogens with zero attached hydrogens (tertiary/aromatic N) is 1. The second-order valence-corrected chi connectivity index (χ2v) is 6.70. The molecular weight excluding hydrogens is 416 g/mol. The summed E-state index contributed by atoms with van der Waals surface area (Å²) in [6, 6.07) is 16.7. The van der Waals surface area contributed by atoms with Gasteiger partial charge in [0, 0.05) is 16.2 Å². The highest BCUT2D eigenvalue weighted by atomic mass is 79.9. The molecule has 0 fully saturated rings. The number of carbonyl (C=O) groups excluding carboxylic acids is 2. The molecule has 8 heteroatoms. The minimum atomic E-state index is -0.374. The Morgan fingerprint density at radius 2 is 1.73 bits per heavy atom. The van der Waals surface area contributed by atoms with Gasteiger partial charge in [0.2, 0.25) is 0 Å². The molecule has 1 aromatic heterocycles. The standard InChI is InChI=1S/C18H15BrN4O2S/c19-14-7-3-2-6-13(14)17(25)20-18(26)22-21-16(24)11-23-10-9-12-5-1-4-8-15(12)23/h1-10H,11H2,(H,21,24)(H2,20,22,25,26). The summed E-state index contributed by atoms with van der Waals surface area (Å²) in [5.41, 5.74) is 6.43. The first-order chi connectivity index (χ1) is 12.5. The fourth-order valence-corrected chi connectivity index (χ4v) is 3.05. The van der Waals surface area contributed by atoms with Crippen molar-refractivity contribution in [1.29, 1.82) is 0 Å². The first-order valence-electron chi connectivity index (χ1n) is 7.73. The lowest BCUT2D eigenvalue weighted by molar-refractivity contribution is -0.122. The lowest BCUT2D eigenvalue weighted by atomic mass is 10.2. The first-order valence-corrected chi connectivity index (χ1v) is 8.93. The van der Waals surface area contributed by atoms with Gasteiger partial charge in [-0.05, 0) is 57.8 Å². The molecule has 2 aromatic carbocycles. The van der Waals surface area contributed by atoms with Crippen LogP contribution in [0.4, 0.5) is 0 Å². The Kier molecular flexibility index (Phi) is 5.65. The van der Waals surface area contributed by atoms with Gasteiger partial charge < -0.3 is 4.57 Å². The van der Waals surface area contributed by atoms with Crippen LogP contribution in [0.5, 0.6) is 0 Å². The van der Waals surface area contributed by atoms with Crippen LogP contribution in [0.3, 0.4) is 0 Å². The summed E-state index contributed by atoms with van der Waals surface area (Å²) < 4.78 is 2.48. The van der Waals surface area contributed by atoms with Crippen molar-refractivity contribution in [3.63, 3.8) is 0 Å². The molecule has 2 amide bonds. The number of aromatic nitrogens is 1. The molecule has 0 spiro atoms. The molecule has 26 heavy (non-hydrogen) atoms. The van der Waals surface area contributed by atoms with Crippen molar-refractivity contribution in [2.45, 2.75) is 6.54 Å². The van der Waals surface area contributed by atoms with Gasteiger partial charge in [-0.2, -0.15) is 0 Å². The number of fused-ring (bicyclic) bond motifs is 1. The first kappa shape index (κ1) is 18.1. The lowest BCUT2D eigenvalue weighted by Crippen LogP contribution is -2.49. The van der Waals surface area contributed by atoms with Gasteiger partial charge in [-0.3, -0.25) is 25.8 Å². The van der Waals surface area contributed by atoms with Crippen molar-refractivity contribution in [2.24, 2.45) is 0 Å². The van der Waals surface area contributed by atoms with Gasteiger partial charge in [0.15, 0.2) is 5.11 Å². The van der Waals surface area contributed by atoms with E-state index in [1.807, 2.05) is 47.2 Å². The van der Waals surface area contributed by atoms with E-state index in [0.717, 1.165) is 10.9 Å². The maximum atomic E-state index is 12.1. The van der Waals surface area contributed by atoms with Crippen molar-refractivity contribution in [1.82, 2.24) is 20.7 Å². The number of amides is 2. The van der Waals surface area contributed by atoms with Gasteiger partial charge in [0.05, 0.1) is 5.56 Å². The zero-order chi connectivity index (χ0) is 18.5. The van der Waals surface area contributed by atoms with Gasteiger partial charge in [0.1, 0.15) is 6.54 Å². The van der Waals surface area contributed by atoms with E-state index >= 15 is 0 Å². The zero-order valence-corrected chi connectivity index (χ0v) is 15.9. The average Bonchev–Trinajstić information content (AvgIpc) is 3.03. The molecule has 0 saturated heterocycles. The number of halogens is 1. The summed E-state index contributed by atoms with van der Waals surface area (Å²) >= 11 is 8.34. The van der Waals surface area contributed by atoms with E-state index < -0.39 is 0 Å². The van der Waals surface area contributed by atoms with Crippen LogP contribution in [0.2, 0.25) is 0 Å². The second-order valence-electron chi connectivity index (χ2n) is 5.44. The minimum Gasteiger partial charge on any atom is -0.338 e. The van der Waals surface area contributed by atoms with Crippen LogP contribution in [-0.2, 0) is 11.3 Å². The summed E-state index contributed by atoms with van der Waals surface area (Å²) in [4.78, 5) is 24.2. The molecular formula is C18H15BrN4O2S. The number of hydrazine groups is 1. The highest BCUT2D eigenvalue weighted by Crippen LogP contribution is 2.15. The minimum absolute atomic E-state index is 0.0106. The smallest absolute Gasteiger partial charge is 0.258 e. The van der Waals surface area contributed by atoms with Gasteiger partial charge in [-0.1, -0.05) is 30.3 Å². The Bertz CT molecular complexity index is 986. The van der Waals surface area contributed by atoms with Crippen molar-refractivity contribution in [2.75, 3.05) is 0 Å². The van der Waals surface area contributed by atoms with Gasteiger partial charge in [-0.25, -0.2) is 0 Å². The molecule has 3 N–H and O–H groups in total. The SMILES string of the molecule is O=C(Cn1ccc2ccccc21)NNC(=S)NC(=O)c1ccccc1Br. The summed E-state index contributed by atoms with van der Waals surface area (Å²) in [6.45, 7) is 0.126. The molecule has 1 heterocycles. The van der Waals surface area contributed by atoms with Gasteiger partial charge in [0.25, 0.3) is 11.8 Å². The number of hydrogen-bond donors (Lipinski definition) is 3. The zero-order valence-electron chi connectivity index (χ0n) is 13.5. The maximum Gasteiger partial charge on any atom is 0.258 e. The normalized spacial score (nSPS) is 10.3. The molecule has 0 atom stereocenters. The molecule has 0 bridgehead atoms. The highest BCUT2D eigenvalue weighted by molar-refractivity contribution is 9.10. The molecule has 132 valence electrons. The summed E-state index contributed by atoms with van der Waals surface area (Å²) in [7, 11) is 0. The third kappa shape index (κ3) is 4.27. The van der Waals surface area contributed by atoms with Crippen LogP contribution in [-0.4, -0.2) is 21.5 Å². The van der Waals surface area contributed by atoms with E-state index in [-0.39, 0.29) is 23.5 Å². The number of carbonyl (C=O) groups is 2. The largest absolute Gasteiger partial charge is 0.338 e. The monoisotopic (exact) mass is 430 g/mol. The Hall–Kier alpha value is -2.71. The van der Waals surface area contributed by atoms with E-state index in [0.29, 0.717) is 10.0 Å². The van der Waals surface area contributed by atoms with E-state index in [9.17, 15) is 9.59 Å². The summed E-state index contributed by atoms with van der Waals surface area (Å²) in [5, 5.41) is 3.58.